The van der Waals surface area contributed by atoms with Gasteiger partial charge in [-0.2, -0.15) is 0 Å². The summed E-state index contributed by atoms with van der Waals surface area (Å²) in [5.74, 6) is -4.84. The van der Waals surface area contributed by atoms with Crippen LogP contribution in [0.5, 0.6) is 0 Å². The molecule has 43 heavy (non-hydrogen) atoms. The molecule has 0 bridgehead atoms. The number of carbonyl (C=O) groups excluding carboxylic acids is 2. The minimum absolute atomic E-state index is 0.146. The van der Waals surface area contributed by atoms with E-state index in [4.69, 9.17) is 0 Å². The van der Waals surface area contributed by atoms with Crippen LogP contribution in [0.4, 0.5) is 23.2 Å². The molecule has 1 saturated carbocycles. The maximum atomic E-state index is 13.9. The Bertz CT molecular complexity index is 1490. The molecule has 0 aromatic heterocycles. The Kier molecular flexibility index (Phi) is 9.40. The number of ketones is 1. The van der Waals surface area contributed by atoms with E-state index in [0.29, 0.717) is 11.6 Å². The van der Waals surface area contributed by atoms with Crippen LogP contribution in [0.2, 0.25) is 0 Å². The fourth-order valence-corrected chi connectivity index (χ4v) is 5.74. The molecule has 1 aliphatic heterocycles. The largest absolute Gasteiger partial charge is 0.383 e. The molecule has 1 atom stereocenters. The van der Waals surface area contributed by atoms with Crippen LogP contribution >= 0.6 is 0 Å². The van der Waals surface area contributed by atoms with E-state index in [9.17, 15) is 27.2 Å². The third kappa shape index (κ3) is 7.40. The lowest BCUT2D eigenvalue weighted by molar-refractivity contribution is -0.113. The van der Waals surface area contributed by atoms with Gasteiger partial charge in [0.2, 0.25) is 0 Å². The number of hydrogen-bond acceptors (Lipinski definition) is 4. The number of rotatable bonds is 8. The quantitative estimate of drug-likeness (QED) is 0.224. The van der Waals surface area contributed by atoms with Gasteiger partial charge < -0.3 is 10.6 Å². The number of nitrogens with zero attached hydrogens (tertiary/aromatic N) is 1. The van der Waals surface area contributed by atoms with Crippen molar-refractivity contribution in [1.82, 2.24) is 10.2 Å². The van der Waals surface area contributed by atoms with Crippen LogP contribution in [0, 0.1) is 23.3 Å². The second kappa shape index (κ2) is 13.4. The maximum absolute atomic E-state index is 13.9. The summed E-state index contributed by atoms with van der Waals surface area (Å²) in [6.45, 7) is 5.13. The van der Waals surface area contributed by atoms with Gasteiger partial charge in [0, 0.05) is 41.0 Å². The molecule has 0 spiro atoms. The summed E-state index contributed by atoms with van der Waals surface area (Å²) in [5.41, 5.74) is 2.45. The molecule has 3 aromatic rings. The van der Waals surface area contributed by atoms with Crippen LogP contribution in [0.3, 0.4) is 0 Å². The minimum atomic E-state index is -1.05. The van der Waals surface area contributed by atoms with Gasteiger partial charge in [-0.25, -0.2) is 17.6 Å². The zero-order valence-corrected chi connectivity index (χ0v) is 23.8. The molecule has 5 rings (SSSR count). The highest BCUT2D eigenvalue weighted by molar-refractivity contribution is 6.14. The standard InChI is InChI=1S/C34H33F4N3O2/c1-2-41-13-3-4-28(41)20-39-26-9-7-23(8-10-26)34(43)40-27-18-24(14-21-5-11-29(35)31(37)16-21)33(42)25(19-27)15-22-6-12-30(36)32(38)17-22/h5-12,14-17,27-28,39H,2-4,13,18-20H2,1H3,(H,40,43)/b24-14+,25-15+/t28-/m1/s1. The van der Waals surface area contributed by atoms with E-state index in [1.54, 1.807) is 12.1 Å². The van der Waals surface area contributed by atoms with Gasteiger partial charge in [-0.1, -0.05) is 19.1 Å². The number of nitrogens with one attached hydrogen (secondary N) is 2. The first-order valence-corrected chi connectivity index (χ1v) is 14.4. The molecule has 2 N–H and O–H groups in total. The molecule has 5 nitrogen and oxygen atoms in total. The number of anilines is 1. The Labute approximate surface area is 248 Å². The molecule has 3 aromatic carbocycles. The predicted octanol–water partition coefficient (Wildman–Crippen LogP) is 6.77. The number of carbonyl (C=O) groups is 2. The Morgan fingerprint density at radius 2 is 1.44 bits per heavy atom. The van der Waals surface area contributed by atoms with Crippen molar-refractivity contribution in [2.24, 2.45) is 0 Å². The summed E-state index contributed by atoms with van der Waals surface area (Å²) in [6, 6.07) is 13.8. The molecular weight excluding hydrogens is 558 g/mol. The first-order chi connectivity index (χ1) is 20.7. The Balaban J connectivity index is 1.33. The van der Waals surface area contributed by atoms with Gasteiger partial charge in [-0.15, -0.1) is 0 Å². The zero-order chi connectivity index (χ0) is 30.5. The lowest BCUT2D eigenvalue weighted by atomic mass is 9.83. The number of likely N-dealkylation sites (N-methyl/N-ethyl adjacent to an activating group) is 1. The minimum Gasteiger partial charge on any atom is -0.383 e. The van der Waals surface area contributed by atoms with Crippen molar-refractivity contribution in [3.8, 4) is 0 Å². The molecule has 9 heteroatoms. The molecule has 1 aliphatic carbocycles. The molecule has 1 heterocycles. The number of amides is 1. The predicted molar refractivity (Wildman–Crippen MR) is 159 cm³/mol. The molecule has 0 unspecified atom stereocenters. The highest BCUT2D eigenvalue weighted by atomic mass is 19.2. The fourth-order valence-electron chi connectivity index (χ4n) is 5.74. The van der Waals surface area contributed by atoms with Crippen LogP contribution in [0.1, 0.15) is 54.1 Å². The van der Waals surface area contributed by atoms with E-state index >= 15 is 0 Å². The van der Waals surface area contributed by atoms with E-state index in [1.807, 2.05) is 12.1 Å². The highest BCUT2D eigenvalue weighted by Crippen LogP contribution is 2.30. The Morgan fingerprint density at radius 1 is 0.860 bits per heavy atom. The van der Waals surface area contributed by atoms with Crippen molar-refractivity contribution in [3.05, 3.63) is 112 Å². The molecule has 224 valence electrons. The van der Waals surface area contributed by atoms with Crippen molar-refractivity contribution >= 4 is 29.5 Å². The lowest BCUT2D eigenvalue weighted by Crippen LogP contribution is -2.39. The molecular formula is C34H33F4N3O2. The van der Waals surface area contributed by atoms with Crippen molar-refractivity contribution < 1.29 is 27.2 Å². The summed E-state index contributed by atoms with van der Waals surface area (Å²) < 4.78 is 54.7. The van der Waals surface area contributed by atoms with Crippen molar-refractivity contribution in [1.29, 1.82) is 0 Å². The molecule has 1 saturated heterocycles. The van der Waals surface area contributed by atoms with Crippen LogP contribution in [0.25, 0.3) is 12.2 Å². The summed E-state index contributed by atoms with van der Waals surface area (Å²) in [6.07, 6.45) is 5.55. The van der Waals surface area contributed by atoms with Gasteiger partial charge in [-0.05, 0) is 111 Å². The fraction of sp³-hybridized carbons (Fsp3) is 0.294. The maximum Gasteiger partial charge on any atom is 0.251 e. The smallest absolute Gasteiger partial charge is 0.251 e. The van der Waals surface area contributed by atoms with Gasteiger partial charge in [0.25, 0.3) is 5.91 Å². The van der Waals surface area contributed by atoms with Gasteiger partial charge >= 0.3 is 0 Å². The molecule has 2 fully saturated rings. The first-order valence-electron chi connectivity index (χ1n) is 14.4. The molecule has 0 radical (unpaired) electrons. The zero-order valence-electron chi connectivity index (χ0n) is 23.8. The second-order valence-corrected chi connectivity index (χ2v) is 11.0. The van der Waals surface area contributed by atoms with E-state index in [0.717, 1.165) is 56.0 Å². The monoisotopic (exact) mass is 591 g/mol. The van der Waals surface area contributed by atoms with E-state index in [-0.39, 0.29) is 46.8 Å². The summed E-state index contributed by atoms with van der Waals surface area (Å²) >= 11 is 0. The SMILES string of the molecule is CCN1CCC[C@@H]1CNc1ccc(C(=O)NC2C/C(=C\c3ccc(F)c(F)c3)C(=O)/C(=C/c3ccc(F)c(F)c3)C2)cc1. The number of likely N-dealkylation sites (tertiary alicyclic amines) is 1. The second-order valence-electron chi connectivity index (χ2n) is 11.0. The molecule has 2 aliphatic rings. The topological polar surface area (TPSA) is 61.4 Å². The normalized spacial score (nSPS) is 21.0. The van der Waals surface area contributed by atoms with E-state index < -0.39 is 29.3 Å². The Hall–Kier alpha value is -4.24. The third-order valence-corrected chi connectivity index (χ3v) is 8.01. The van der Waals surface area contributed by atoms with Crippen LogP contribution in [0.15, 0.2) is 71.8 Å². The van der Waals surface area contributed by atoms with Gasteiger partial charge in [0.15, 0.2) is 29.1 Å². The van der Waals surface area contributed by atoms with Crippen LogP contribution in [-0.2, 0) is 4.79 Å². The number of hydrogen-bond donors (Lipinski definition) is 2. The average molecular weight is 592 g/mol. The number of benzene rings is 3. The Morgan fingerprint density at radius 3 is 1.98 bits per heavy atom. The first kappa shape index (κ1) is 30.2. The van der Waals surface area contributed by atoms with Crippen LogP contribution in [-0.4, -0.2) is 48.3 Å². The van der Waals surface area contributed by atoms with Crippen molar-refractivity contribution in [3.63, 3.8) is 0 Å². The van der Waals surface area contributed by atoms with Gasteiger partial charge in [0.05, 0.1) is 0 Å². The summed E-state index contributed by atoms with van der Waals surface area (Å²) in [4.78, 5) is 29.0. The summed E-state index contributed by atoms with van der Waals surface area (Å²) in [5, 5.41) is 6.42. The number of Topliss-reactive ketones (excluding diaryl/α,β-unsaturated/α-hetero) is 1. The third-order valence-electron chi connectivity index (χ3n) is 8.01. The van der Waals surface area contributed by atoms with Crippen molar-refractivity contribution in [2.45, 2.75) is 44.7 Å². The number of halogens is 4. The lowest BCUT2D eigenvalue weighted by Gasteiger charge is -2.27. The molecule has 1 amide bonds. The van der Waals surface area contributed by atoms with Gasteiger partial charge in [-0.3, -0.25) is 14.5 Å². The average Bonchev–Trinajstić information content (AvgIpc) is 3.46. The highest BCUT2D eigenvalue weighted by Gasteiger charge is 2.29. The van der Waals surface area contributed by atoms with E-state index in [1.165, 1.54) is 30.7 Å². The summed E-state index contributed by atoms with van der Waals surface area (Å²) in [7, 11) is 0. The van der Waals surface area contributed by atoms with Gasteiger partial charge in [0.1, 0.15) is 0 Å². The van der Waals surface area contributed by atoms with Crippen molar-refractivity contribution in [2.75, 3.05) is 25.0 Å². The van der Waals surface area contributed by atoms with Crippen LogP contribution < -0.4 is 10.6 Å². The van der Waals surface area contributed by atoms with E-state index in [2.05, 4.69) is 22.5 Å².